The summed E-state index contributed by atoms with van der Waals surface area (Å²) in [5, 5.41) is 3.14. The molecule has 0 bridgehead atoms. The lowest BCUT2D eigenvalue weighted by Crippen LogP contribution is -2.39. The number of hydrogen-bond acceptors (Lipinski definition) is 5. The Kier molecular flexibility index (Phi) is 4.67. The first kappa shape index (κ1) is 15.8. The van der Waals surface area contributed by atoms with E-state index in [2.05, 4.69) is 20.1 Å². The second kappa shape index (κ2) is 7.07. The van der Waals surface area contributed by atoms with Crippen LogP contribution in [0.15, 0.2) is 18.3 Å². The lowest BCUT2D eigenvalue weighted by Gasteiger charge is -2.29. The zero-order valence-electron chi connectivity index (χ0n) is 14.1. The molecule has 0 spiro atoms. The number of nitrogens with zero attached hydrogens (tertiary/aromatic N) is 3. The molecule has 0 unspecified atom stereocenters. The molecule has 1 saturated carbocycles. The Balaban J connectivity index is 1.35. The summed E-state index contributed by atoms with van der Waals surface area (Å²) in [6, 6.07) is 4.54. The molecule has 0 radical (unpaired) electrons. The molecule has 130 valence electrons. The highest BCUT2D eigenvalue weighted by atomic mass is 16.5. The van der Waals surface area contributed by atoms with Gasteiger partial charge in [-0.25, -0.2) is 4.98 Å². The topological polar surface area (TPSA) is 57.7 Å². The van der Waals surface area contributed by atoms with Gasteiger partial charge in [-0.05, 0) is 43.9 Å². The van der Waals surface area contributed by atoms with Crippen molar-refractivity contribution in [2.45, 2.75) is 25.3 Å². The van der Waals surface area contributed by atoms with Gasteiger partial charge in [-0.15, -0.1) is 0 Å². The van der Waals surface area contributed by atoms with E-state index < -0.39 is 0 Å². The molecule has 1 amide bonds. The van der Waals surface area contributed by atoms with Crippen LogP contribution in [0, 0.1) is 5.92 Å². The zero-order chi connectivity index (χ0) is 16.4. The molecule has 3 aliphatic rings. The molecule has 1 aromatic heterocycles. The molecule has 1 aromatic rings. The summed E-state index contributed by atoms with van der Waals surface area (Å²) >= 11 is 0. The van der Waals surface area contributed by atoms with E-state index >= 15 is 0 Å². The molecule has 0 aromatic carbocycles. The van der Waals surface area contributed by atoms with Crippen molar-refractivity contribution in [3.8, 4) is 0 Å². The molecule has 3 fully saturated rings. The summed E-state index contributed by atoms with van der Waals surface area (Å²) in [6.45, 7) is 6.05. The molecule has 2 aliphatic heterocycles. The molecule has 1 N–H and O–H groups in total. The van der Waals surface area contributed by atoms with Crippen LogP contribution in [-0.2, 0) is 4.74 Å². The first-order chi connectivity index (χ1) is 11.8. The van der Waals surface area contributed by atoms with Crippen molar-refractivity contribution < 1.29 is 9.53 Å². The first-order valence-electron chi connectivity index (χ1n) is 9.11. The number of anilines is 1. The van der Waals surface area contributed by atoms with Gasteiger partial charge in [-0.1, -0.05) is 0 Å². The number of morpholine rings is 1. The molecule has 24 heavy (non-hydrogen) atoms. The Morgan fingerprint density at radius 3 is 2.88 bits per heavy atom. The van der Waals surface area contributed by atoms with E-state index in [0.717, 1.165) is 38.0 Å². The fraction of sp³-hybridized carbons (Fsp3) is 0.667. The number of amides is 1. The maximum absolute atomic E-state index is 12.7. The number of carbonyl (C=O) groups excluding carboxylic acids is 1. The van der Waals surface area contributed by atoms with Crippen molar-refractivity contribution in [1.82, 2.24) is 15.2 Å². The highest BCUT2D eigenvalue weighted by Gasteiger charge is 2.34. The van der Waals surface area contributed by atoms with Crippen LogP contribution in [0.1, 0.15) is 29.6 Å². The highest BCUT2D eigenvalue weighted by Crippen LogP contribution is 2.31. The highest BCUT2D eigenvalue weighted by molar-refractivity contribution is 5.98. The van der Waals surface area contributed by atoms with Crippen molar-refractivity contribution in [1.29, 1.82) is 0 Å². The molecule has 4 rings (SSSR count). The molecular weight excluding hydrogens is 304 g/mol. The van der Waals surface area contributed by atoms with E-state index in [4.69, 9.17) is 4.74 Å². The second-order valence-corrected chi connectivity index (χ2v) is 7.06. The van der Waals surface area contributed by atoms with Gasteiger partial charge < -0.3 is 19.9 Å². The third-order valence-electron chi connectivity index (χ3n) is 5.27. The summed E-state index contributed by atoms with van der Waals surface area (Å²) in [4.78, 5) is 21.8. The predicted molar refractivity (Wildman–Crippen MR) is 92.3 cm³/mol. The van der Waals surface area contributed by atoms with Crippen molar-refractivity contribution in [3.63, 3.8) is 0 Å². The maximum atomic E-state index is 12.7. The largest absolute Gasteiger partial charge is 0.378 e. The van der Waals surface area contributed by atoms with Crippen molar-refractivity contribution in [3.05, 3.63) is 23.9 Å². The van der Waals surface area contributed by atoms with E-state index in [0.29, 0.717) is 24.7 Å². The van der Waals surface area contributed by atoms with Crippen LogP contribution in [0.3, 0.4) is 0 Å². The van der Waals surface area contributed by atoms with Gasteiger partial charge in [0.1, 0.15) is 5.82 Å². The van der Waals surface area contributed by atoms with Gasteiger partial charge >= 0.3 is 0 Å². The van der Waals surface area contributed by atoms with Gasteiger partial charge in [-0.2, -0.15) is 0 Å². The van der Waals surface area contributed by atoms with E-state index in [9.17, 15) is 4.79 Å². The monoisotopic (exact) mass is 330 g/mol. The second-order valence-electron chi connectivity index (χ2n) is 7.06. The summed E-state index contributed by atoms with van der Waals surface area (Å²) in [6.07, 6.45) is 5.67. The van der Waals surface area contributed by atoms with Crippen molar-refractivity contribution in [2.24, 2.45) is 5.92 Å². The standard InChI is InChI=1S/C18H26N4O2/c23-18(20-12-14-5-7-22(13-14)15-3-4-15)16-2-1-6-19-17(16)21-8-10-24-11-9-21/h1-2,6,14-15H,3-5,7-13H2,(H,20,23)/t14-/m1/s1. The summed E-state index contributed by atoms with van der Waals surface area (Å²) in [5.74, 6) is 1.36. The molecule has 2 saturated heterocycles. The van der Waals surface area contributed by atoms with Gasteiger partial charge in [0.2, 0.25) is 0 Å². The van der Waals surface area contributed by atoms with Crippen molar-refractivity contribution in [2.75, 3.05) is 50.8 Å². The van der Waals surface area contributed by atoms with Gasteiger partial charge in [0.05, 0.1) is 18.8 Å². The molecule has 3 heterocycles. The predicted octanol–water partition coefficient (Wildman–Crippen LogP) is 1.13. The number of carbonyl (C=O) groups is 1. The van der Waals surface area contributed by atoms with Crippen LogP contribution in [0.2, 0.25) is 0 Å². The number of nitrogens with one attached hydrogen (secondary N) is 1. The number of pyridine rings is 1. The Labute approximate surface area is 143 Å². The lowest BCUT2D eigenvalue weighted by atomic mass is 10.1. The molecular formula is C18H26N4O2. The van der Waals surface area contributed by atoms with E-state index in [1.165, 1.54) is 25.8 Å². The average Bonchev–Trinajstić information content (AvgIpc) is 3.39. The third kappa shape index (κ3) is 3.54. The van der Waals surface area contributed by atoms with Gasteiger partial charge in [0.25, 0.3) is 5.91 Å². The van der Waals surface area contributed by atoms with Gasteiger partial charge in [-0.3, -0.25) is 4.79 Å². The Bertz CT molecular complexity index is 584. The summed E-state index contributed by atoms with van der Waals surface area (Å²) in [5.41, 5.74) is 0.677. The van der Waals surface area contributed by atoms with Crippen LogP contribution in [0.4, 0.5) is 5.82 Å². The minimum Gasteiger partial charge on any atom is -0.378 e. The number of ether oxygens (including phenoxy) is 1. The quantitative estimate of drug-likeness (QED) is 0.877. The van der Waals surface area contributed by atoms with Crippen LogP contribution in [0.5, 0.6) is 0 Å². The van der Waals surface area contributed by atoms with Crippen LogP contribution in [-0.4, -0.2) is 67.8 Å². The van der Waals surface area contributed by atoms with Gasteiger partial charge in [0.15, 0.2) is 0 Å². The van der Waals surface area contributed by atoms with Crippen LogP contribution >= 0.6 is 0 Å². The SMILES string of the molecule is O=C(NC[C@H]1CCN(C2CC2)C1)c1cccnc1N1CCOCC1. The van der Waals surface area contributed by atoms with Crippen LogP contribution < -0.4 is 10.2 Å². The number of aromatic nitrogens is 1. The van der Waals surface area contributed by atoms with Crippen LogP contribution in [0.25, 0.3) is 0 Å². The zero-order valence-corrected chi connectivity index (χ0v) is 14.1. The van der Waals surface area contributed by atoms with E-state index in [1.807, 2.05) is 12.1 Å². The number of hydrogen-bond donors (Lipinski definition) is 1. The Morgan fingerprint density at radius 1 is 1.25 bits per heavy atom. The third-order valence-corrected chi connectivity index (χ3v) is 5.27. The number of rotatable bonds is 5. The molecule has 1 aliphatic carbocycles. The molecule has 6 heteroatoms. The summed E-state index contributed by atoms with van der Waals surface area (Å²) in [7, 11) is 0. The lowest BCUT2D eigenvalue weighted by molar-refractivity contribution is 0.0945. The average molecular weight is 330 g/mol. The van der Waals surface area contributed by atoms with Gasteiger partial charge in [0, 0.05) is 38.4 Å². The normalized spacial score (nSPS) is 25.0. The fourth-order valence-corrected chi connectivity index (χ4v) is 3.73. The number of likely N-dealkylation sites (tertiary alicyclic amines) is 1. The van der Waals surface area contributed by atoms with Crippen molar-refractivity contribution >= 4 is 11.7 Å². The maximum Gasteiger partial charge on any atom is 0.255 e. The minimum absolute atomic E-state index is 0.00513. The molecule has 6 nitrogen and oxygen atoms in total. The Morgan fingerprint density at radius 2 is 2.08 bits per heavy atom. The minimum atomic E-state index is -0.00513. The molecule has 1 atom stereocenters. The fourth-order valence-electron chi connectivity index (χ4n) is 3.73. The Hall–Kier alpha value is -1.66. The first-order valence-corrected chi connectivity index (χ1v) is 9.11. The van der Waals surface area contributed by atoms with E-state index in [1.54, 1.807) is 6.20 Å². The smallest absolute Gasteiger partial charge is 0.255 e. The summed E-state index contributed by atoms with van der Waals surface area (Å²) < 4.78 is 5.40. The van der Waals surface area contributed by atoms with E-state index in [-0.39, 0.29) is 5.91 Å².